The lowest BCUT2D eigenvalue weighted by molar-refractivity contribution is -0.0360. The zero-order valence-electron chi connectivity index (χ0n) is 11.7. The summed E-state index contributed by atoms with van der Waals surface area (Å²) in [4.78, 5) is 2.64. The molecule has 1 nitrogen and oxygen atoms in total. The molecule has 0 spiro atoms. The molecule has 0 aliphatic carbocycles. The number of piperidine rings is 1. The van der Waals surface area contributed by atoms with E-state index in [4.69, 9.17) is 0 Å². The minimum Gasteiger partial charge on any atom is -0.293 e. The smallest absolute Gasteiger partial charge is 0.0239 e. The monoisotopic (exact) mass is 231 g/mol. The molecule has 1 heteroatoms. The topological polar surface area (TPSA) is 3.24 Å². The Bertz CT molecular complexity index is 364. The first kappa shape index (κ1) is 12.6. The van der Waals surface area contributed by atoms with Crippen LogP contribution in [-0.4, -0.2) is 17.0 Å². The molecule has 1 heterocycles. The Kier molecular flexibility index (Phi) is 3.31. The van der Waals surface area contributed by atoms with Gasteiger partial charge in [-0.15, -0.1) is 0 Å². The van der Waals surface area contributed by atoms with E-state index < -0.39 is 0 Å². The van der Waals surface area contributed by atoms with Crippen molar-refractivity contribution in [2.24, 2.45) is 5.41 Å². The van der Waals surface area contributed by atoms with Crippen LogP contribution < -0.4 is 0 Å². The Hall–Kier alpha value is -0.820. The zero-order chi connectivity index (χ0) is 12.5. The molecule has 0 amide bonds. The Morgan fingerprint density at radius 3 is 2.35 bits per heavy atom. The normalized spacial score (nSPS) is 23.5. The molecule has 0 radical (unpaired) electrons. The molecule has 1 saturated heterocycles. The number of benzene rings is 1. The molecule has 0 saturated carbocycles. The van der Waals surface area contributed by atoms with Crippen molar-refractivity contribution in [3.8, 4) is 0 Å². The molecule has 1 aliphatic rings. The Morgan fingerprint density at radius 2 is 1.71 bits per heavy atom. The standard InChI is InChI=1S/C16H25N/c1-15(2)11-8-12-17(16(15,3)4)13-14-9-6-5-7-10-14/h5-7,9-10H,8,11-13H2,1-4H3. The summed E-state index contributed by atoms with van der Waals surface area (Å²) in [5, 5.41) is 0. The van der Waals surface area contributed by atoms with Gasteiger partial charge in [-0.25, -0.2) is 0 Å². The van der Waals surface area contributed by atoms with E-state index in [1.807, 2.05) is 0 Å². The maximum atomic E-state index is 2.64. The highest BCUT2D eigenvalue weighted by Gasteiger charge is 2.43. The summed E-state index contributed by atoms with van der Waals surface area (Å²) in [6.07, 6.45) is 2.66. The van der Waals surface area contributed by atoms with Crippen LogP contribution in [-0.2, 0) is 6.54 Å². The largest absolute Gasteiger partial charge is 0.293 e. The highest BCUT2D eigenvalue weighted by Crippen LogP contribution is 2.43. The highest BCUT2D eigenvalue weighted by molar-refractivity contribution is 5.15. The van der Waals surface area contributed by atoms with Crippen molar-refractivity contribution in [3.63, 3.8) is 0 Å². The average Bonchev–Trinajstić information content (AvgIpc) is 2.27. The van der Waals surface area contributed by atoms with E-state index in [0.717, 1.165) is 6.54 Å². The van der Waals surface area contributed by atoms with Gasteiger partial charge in [0.25, 0.3) is 0 Å². The lowest BCUT2D eigenvalue weighted by atomic mass is 9.68. The molecule has 2 rings (SSSR count). The molecule has 0 unspecified atom stereocenters. The van der Waals surface area contributed by atoms with E-state index in [1.165, 1.54) is 24.9 Å². The van der Waals surface area contributed by atoms with Gasteiger partial charge in [0.15, 0.2) is 0 Å². The van der Waals surface area contributed by atoms with E-state index >= 15 is 0 Å². The molecular weight excluding hydrogens is 206 g/mol. The maximum absolute atomic E-state index is 2.64. The van der Waals surface area contributed by atoms with Crippen LogP contribution in [0.4, 0.5) is 0 Å². The van der Waals surface area contributed by atoms with Crippen molar-refractivity contribution < 1.29 is 0 Å². The van der Waals surface area contributed by atoms with Gasteiger partial charge in [-0.3, -0.25) is 4.90 Å². The van der Waals surface area contributed by atoms with Gasteiger partial charge in [-0.05, 0) is 44.2 Å². The minimum atomic E-state index is 0.279. The van der Waals surface area contributed by atoms with Gasteiger partial charge in [0, 0.05) is 12.1 Å². The first-order valence-electron chi connectivity index (χ1n) is 6.72. The molecule has 17 heavy (non-hydrogen) atoms. The molecular formula is C16H25N. The predicted octanol–water partition coefficient (Wildman–Crippen LogP) is 4.09. The fourth-order valence-corrected chi connectivity index (χ4v) is 2.81. The first-order valence-corrected chi connectivity index (χ1v) is 6.72. The van der Waals surface area contributed by atoms with Crippen LogP contribution >= 0.6 is 0 Å². The van der Waals surface area contributed by atoms with Gasteiger partial charge >= 0.3 is 0 Å². The van der Waals surface area contributed by atoms with Crippen LogP contribution in [0.3, 0.4) is 0 Å². The summed E-state index contributed by atoms with van der Waals surface area (Å²) in [6, 6.07) is 10.8. The van der Waals surface area contributed by atoms with Crippen molar-refractivity contribution in [1.29, 1.82) is 0 Å². The van der Waals surface area contributed by atoms with Crippen molar-refractivity contribution in [2.45, 2.75) is 52.6 Å². The Balaban J connectivity index is 2.16. The molecule has 1 aromatic carbocycles. The minimum absolute atomic E-state index is 0.279. The molecule has 1 fully saturated rings. The van der Waals surface area contributed by atoms with Crippen molar-refractivity contribution >= 4 is 0 Å². The first-order chi connectivity index (χ1) is 7.93. The van der Waals surface area contributed by atoms with Gasteiger partial charge in [0.2, 0.25) is 0 Å². The van der Waals surface area contributed by atoms with E-state index in [0.29, 0.717) is 5.41 Å². The number of likely N-dealkylation sites (tertiary alicyclic amines) is 1. The fourth-order valence-electron chi connectivity index (χ4n) is 2.81. The fraction of sp³-hybridized carbons (Fsp3) is 0.625. The molecule has 94 valence electrons. The molecule has 0 aromatic heterocycles. The summed E-state index contributed by atoms with van der Waals surface area (Å²) >= 11 is 0. The highest BCUT2D eigenvalue weighted by atomic mass is 15.2. The Labute approximate surface area is 106 Å². The third kappa shape index (κ3) is 2.40. The molecule has 1 aromatic rings. The second kappa shape index (κ2) is 4.45. The second-order valence-electron chi connectivity index (χ2n) is 6.45. The summed E-state index contributed by atoms with van der Waals surface area (Å²) in [6.45, 7) is 11.9. The molecule has 0 atom stereocenters. The lowest BCUT2D eigenvalue weighted by Crippen LogP contribution is -2.57. The molecule has 1 aliphatic heterocycles. The van der Waals surface area contributed by atoms with Gasteiger partial charge in [-0.2, -0.15) is 0 Å². The van der Waals surface area contributed by atoms with Crippen molar-refractivity contribution in [3.05, 3.63) is 35.9 Å². The average molecular weight is 231 g/mol. The van der Waals surface area contributed by atoms with Crippen LogP contribution in [0, 0.1) is 5.41 Å². The summed E-state index contributed by atoms with van der Waals surface area (Å²) in [7, 11) is 0. The Morgan fingerprint density at radius 1 is 1.06 bits per heavy atom. The predicted molar refractivity (Wildman–Crippen MR) is 73.9 cm³/mol. The summed E-state index contributed by atoms with van der Waals surface area (Å²) in [5.74, 6) is 0. The van der Waals surface area contributed by atoms with Crippen LogP contribution in [0.5, 0.6) is 0 Å². The van der Waals surface area contributed by atoms with Gasteiger partial charge in [-0.1, -0.05) is 44.2 Å². The number of nitrogens with zero attached hydrogens (tertiary/aromatic N) is 1. The SMILES string of the molecule is CC1(C)CCCN(Cc2ccccc2)C1(C)C. The number of rotatable bonds is 2. The third-order valence-electron chi connectivity index (χ3n) is 4.89. The van der Waals surface area contributed by atoms with Crippen LogP contribution in [0.2, 0.25) is 0 Å². The van der Waals surface area contributed by atoms with Crippen LogP contribution in [0.1, 0.15) is 46.1 Å². The van der Waals surface area contributed by atoms with Gasteiger partial charge in [0.1, 0.15) is 0 Å². The maximum Gasteiger partial charge on any atom is 0.0239 e. The van der Waals surface area contributed by atoms with E-state index in [-0.39, 0.29) is 5.54 Å². The van der Waals surface area contributed by atoms with Crippen molar-refractivity contribution in [1.82, 2.24) is 4.90 Å². The van der Waals surface area contributed by atoms with Crippen molar-refractivity contribution in [2.75, 3.05) is 6.54 Å². The third-order valence-corrected chi connectivity index (χ3v) is 4.89. The molecule has 0 N–H and O–H groups in total. The van der Waals surface area contributed by atoms with Gasteiger partial charge in [0.05, 0.1) is 0 Å². The summed E-state index contributed by atoms with van der Waals surface area (Å²) in [5.41, 5.74) is 2.11. The quantitative estimate of drug-likeness (QED) is 0.741. The summed E-state index contributed by atoms with van der Waals surface area (Å²) < 4.78 is 0. The second-order valence-corrected chi connectivity index (χ2v) is 6.45. The lowest BCUT2D eigenvalue weighted by Gasteiger charge is -2.53. The zero-order valence-corrected chi connectivity index (χ0v) is 11.7. The van der Waals surface area contributed by atoms with Crippen LogP contribution in [0.15, 0.2) is 30.3 Å². The van der Waals surface area contributed by atoms with Crippen LogP contribution in [0.25, 0.3) is 0 Å². The number of hydrogen-bond donors (Lipinski definition) is 0. The van der Waals surface area contributed by atoms with Gasteiger partial charge < -0.3 is 0 Å². The number of hydrogen-bond acceptors (Lipinski definition) is 1. The van der Waals surface area contributed by atoms with E-state index in [9.17, 15) is 0 Å². The van der Waals surface area contributed by atoms with E-state index in [1.54, 1.807) is 0 Å². The van der Waals surface area contributed by atoms with E-state index in [2.05, 4.69) is 62.9 Å². The molecule has 0 bridgehead atoms.